The third kappa shape index (κ3) is 4.73. The highest BCUT2D eigenvalue weighted by atomic mass is 16.5. The van der Waals surface area contributed by atoms with Crippen molar-refractivity contribution in [2.45, 2.75) is 33.1 Å². The summed E-state index contributed by atoms with van der Waals surface area (Å²) >= 11 is 0. The zero-order valence-corrected chi connectivity index (χ0v) is 9.66. The van der Waals surface area contributed by atoms with Gasteiger partial charge in [-0.25, -0.2) is 0 Å². The lowest BCUT2D eigenvalue weighted by Gasteiger charge is -2.08. The number of ether oxygens (including phenoxy) is 2. The van der Waals surface area contributed by atoms with Gasteiger partial charge in [-0.2, -0.15) is 0 Å². The first kappa shape index (κ1) is 11.9. The van der Waals surface area contributed by atoms with E-state index in [4.69, 9.17) is 9.47 Å². The highest BCUT2D eigenvalue weighted by Gasteiger charge is 1.96. The Morgan fingerprint density at radius 2 is 1.60 bits per heavy atom. The SMILES string of the molecule is CCCCOc1cccc(OCCC)c1. The number of hydrogen-bond donors (Lipinski definition) is 0. The summed E-state index contributed by atoms with van der Waals surface area (Å²) in [5.74, 6) is 1.79. The van der Waals surface area contributed by atoms with Crippen LogP contribution in [0.1, 0.15) is 33.1 Å². The van der Waals surface area contributed by atoms with Crippen LogP contribution in [-0.2, 0) is 0 Å². The summed E-state index contributed by atoms with van der Waals surface area (Å²) in [6.07, 6.45) is 3.28. The van der Waals surface area contributed by atoms with Crippen molar-refractivity contribution < 1.29 is 9.47 Å². The molecule has 0 N–H and O–H groups in total. The summed E-state index contributed by atoms with van der Waals surface area (Å²) in [7, 11) is 0. The van der Waals surface area contributed by atoms with Gasteiger partial charge >= 0.3 is 0 Å². The van der Waals surface area contributed by atoms with Gasteiger partial charge in [-0.1, -0.05) is 26.3 Å². The molecular weight excluding hydrogens is 188 g/mol. The number of benzene rings is 1. The molecule has 1 rings (SSSR count). The van der Waals surface area contributed by atoms with E-state index >= 15 is 0 Å². The van der Waals surface area contributed by atoms with Gasteiger partial charge in [0.2, 0.25) is 0 Å². The Morgan fingerprint density at radius 1 is 0.933 bits per heavy atom. The van der Waals surface area contributed by atoms with Gasteiger partial charge in [0.25, 0.3) is 0 Å². The maximum absolute atomic E-state index is 5.59. The van der Waals surface area contributed by atoms with Crippen LogP contribution in [0.2, 0.25) is 0 Å². The van der Waals surface area contributed by atoms with E-state index in [2.05, 4.69) is 13.8 Å². The molecule has 1 aromatic carbocycles. The summed E-state index contributed by atoms with van der Waals surface area (Å²) < 4.78 is 11.1. The Hall–Kier alpha value is -1.18. The largest absolute Gasteiger partial charge is 0.493 e. The number of hydrogen-bond acceptors (Lipinski definition) is 2. The second-order valence-corrected chi connectivity index (χ2v) is 3.53. The third-order valence-corrected chi connectivity index (χ3v) is 2.04. The molecule has 0 aromatic heterocycles. The van der Waals surface area contributed by atoms with Crippen LogP contribution in [0.3, 0.4) is 0 Å². The van der Waals surface area contributed by atoms with Crippen molar-refractivity contribution in [3.8, 4) is 11.5 Å². The Bertz CT molecular complexity index is 271. The molecule has 0 radical (unpaired) electrons. The van der Waals surface area contributed by atoms with Crippen molar-refractivity contribution in [3.05, 3.63) is 24.3 Å². The quantitative estimate of drug-likeness (QED) is 0.637. The van der Waals surface area contributed by atoms with Crippen LogP contribution in [0.15, 0.2) is 24.3 Å². The molecule has 0 aliphatic heterocycles. The standard InChI is InChI=1S/C13H20O2/c1-3-5-10-15-13-8-6-7-12(11-13)14-9-4-2/h6-8,11H,3-5,9-10H2,1-2H3. The molecule has 15 heavy (non-hydrogen) atoms. The smallest absolute Gasteiger partial charge is 0.122 e. The molecule has 0 atom stereocenters. The first-order chi connectivity index (χ1) is 7.36. The van der Waals surface area contributed by atoms with Crippen LogP contribution >= 0.6 is 0 Å². The first-order valence-corrected chi connectivity index (χ1v) is 5.72. The van der Waals surface area contributed by atoms with E-state index in [9.17, 15) is 0 Å². The Kier molecular flexibility index (Phi) is 5.67. The summed E-state index contributed by atoms with van der Waals surface area (Å²) in [5.41, 5.74) is 0. The highest BCUT2D eigenvalue weighted by molar-refractivity contribution is 5.32. The minimum Gasteiger partial charge on any atom is -0.493 e. The summed E-state index contributed by atoms with van der Waals surface area (Å²) in [4.78, 5) is 0. The summed E-state index contributed by atoms with van der Waals surface area (Å²) in [6.45, 7) is 5.80. The second kappa shape index (κ2) is 7.16. The third-order valence-electron chi connectivity index (χ3n) is 2.04. The van der Waals surface area contributed by atoms with E-state index in [0.717, 1.165) is 44.0 Å². The lowest BCUT2D eigenvalue weighted by atomic mass is 10.3. The zero-order chi connectivity index (χ0) is 10.9. The minimum atomic E-state index is 0.762. The van der Waals surface area contributed by atoms with Crippen molar-refractivity contribution in [3.63, 3.8) is 0 Å². The Labute approximate surface area is 92.2 Å². The molecule has 0 spiro atoms. The monoisotopic (exact) mass is 208 g/mol. The normalized spacial score (nSPS) is 10.0. The van der Waals surface area contributed by atoms with Crippen LogP contribution in [0, 0.1) is 0 Å². The van der Waals surface area contributed by atoms with Crippen LogP contribution in [0.25, 0.3) is 0 Å². The fourth-order valence-corrected chi connectivity index (χ4v) is 1.21. The highest BCUT2D eigenvalue weighted by Crippen LogP contribution is 2.19. The van der Waals surface area contributed by atoms with Gasteiger partial charge in [0.15, 0.2) is 0 Å². The van der Waals surface area contributed by atoms with Crippen molar-refractivity contribution in [2.24, 2.45) is 0 Å². The maximum atomic E-state index is 5.59. The molecule has 1 aromatic rings. The molecule has 0 saturated heterocycles. The van der Waals surface area contributed by atoms with Crippen LogP contribution in [-0.4, -0.2) is 13.2 Å². The van der Waals surface area contributed by atoms with Crippen molar-refractivity contribution >= 4 is 0 Å². The van der Waals surface area contributed by atoms with E-state index in [1.807, 2.05) is 24.3 Å². The topological polar surface area (TPSA) is 18.5 Å². The molecule has 0 fully saturated rings. The average Bonchev–Trinajstić information content (AvgIpc) is 2.27. The van der Waals surface area contributed by atoms with Gasteiger partial charge in [-0.05, 0) is 25.0 Å². The van der Waals surface area contributed by atoms with E-state index in [1.54, 1.807) is 0 Å². The lowest BCUT2D eigenvalue weighted by molar-refractivity contribution is 0.297. The Morgan fingerprint density at radius 3 is 2.20 bits per heavy atom. The molecule has 0 saturated carbocycles. The first-order valence-electron chi connectivity index (χ1n) is 5.72. The lowest BCUT2D eigenvalue weighted by Crippen LogP contribution is -1.98. The van der Waals surface area contributed by atoms with Crippen molar-refractivity contribution in [2.75, 3.05) is 13.2 Å². The van der Waals surface area contributed by atoms with E-state index < -0.39 is 0 Å². The number of unbranched alkanes of at least 4 members (excludes halogenated alkanes) is 1. The predicted octanol–water partition coefficient (Wildman–Crippen LogP) is 3.65. The van der Waals surface area contributed by atoms with E-state index in [1.165, 1.54) is 0 Å². The van der Waals surface area contributed by atoms with Gasteiger partial charge in [0, 0.05) is 6.07 Å². The zero-order valence-electron chi connectivity index (χ0n) is 9.66. The maximum Gasteiger partial charge on any atom is 0.122 e. The molecule has 0 aliphatic rings. The van der Waals surface area contributed by atoms with E-state index in [0.29, 0.717) is 0 Å². The van der Waals surface area contributed by atoms with Crippen molar-refractivity contribution in [1.29, 1.82) is 0 Å². The minimum absolute atomic E-state index is 0.762. The van der Waals surface area contributed by atoms with Gasteiger partial charge in [-0.15, -0.1) is 0 Å². The second-order valence-electron chi connectivity index (χ2n) is 3.53. The van der Waals surface area contributed by atoms with Gasteiger partial charge in [0.05, 0.1) is 13.2 Å². The fraction of sp³-hybridized carbons (Fsp3) is 0.538. The summed E-state index contributed by atoms with van der Waals surface area (Å²) in [5, 5.41) is 0. The Balaban J connectivity index is 2.42. The van der Waals surface area contributed by atoms with Crippen LogP contribution in [0.4, 0.5) is 0 Å². The molecule has 2 nitrogen and oxygen atoms in total. The molecule has 0 bridgehead atoms. The van der Waals surface area contributed by atoms with Crippen LogP contribution in [0.5, 0.6) is 11.5 Å². The average molecular weight is 208 g/mol. The van der Waals surface area contributed by atoms with Gasteiger partial charge < -0.3 is 9.47 Å². The molecule has 0 amide bonds. The van der Waals surface area contributed by atoms with Crippen LogP contribution < -0.4 is 9.47 Å². The van der Waals surface area contributed by atoms with Crippen molar-refractivity contribution in [1.82, 2.24) is 0 Å². The molecule has 0 unspecified atom stereocenters. The predicted molar refractivity (Wildman–Crippen MR) is 62.6 cm³/mol. The molecule has 2 heteroatoms. The molecular formula is C13H20O2. The molecule has 84 valence electrons. The number of rotatable bonds is 7. The summed E-state index contributed by atoms with van der Waals surface area (Å²) in [6, 6.07) is 7.84. The van der Waals surface area contributed by atoms with Gasteiger partial charge in [0.1, 0.15) is 11.5 Å². The fourth-order valence-electron chi connectivity index (χ4n) is 1.21. The van der Waals surface area contributed by atoms with Gasteiger partial charge in [-0.3, -0.25) is 0 Å². The molecule has 0 heterocycles. The van der Waals surface area contributed by atoms with E-state index in [-0.39, 0.29) is 0 Å². The molecule has 0 aliphatic carbocycles.